The Labute approximate surface area is 70.3 Å². The lowest BCUT2D eigenvalue weighted by Gasteiger charge is -2.31. The second-order valence-corrected chi connectivity index (χ2v) is 3.43. The maximum Gasteiger partial charge on any atom is 0.0526 e. The fourth-order valence-corrected chi connectivity index (χ4v) is 1.68. The molecule has 2 nitrogen and oxygen atoms in total. The summed E-state index contributed by atoms with van der Waals surface area (Å²) in [6.45, 7) is 6.65. The highest BCUT2D eigenvalue weighted by molar-refractivity contribution is 4.77. The first kappa shape index (κ1) is 10.9. The van der Waals surface area contributed by atoms with Crippen molar-refractivity contribution in [3.05, 3.63) is 0 Å². The second-order valence-electron chi connectivity index (χ2n) is 3.43. The molecule has 2 heteroatoms. The minimum absolute atomic E-state index is 0.144. The highest BCUT2D eigenvalue weighted by Gasteiger charge is 2.24. The molecule has 0 aromatic carbocycles. The average Bonchev–Trinajstić information content (AvgIpc) is 2.00. The first-order chi connectivity index (χ1) is 5.10. The molecule has 0 aromatic rings. The normalized spacial score (nSPS) is 12.5. The molecule has 0 spiro atoms. The van der Waals surface area contributed by atoms with Crippen LogP contribution in [0.3, 0.4) is 0 Å². The molecule has 0 aromatic heterocycles. The van der Waals surface area contributed by atoms with Gasteiger partial charge in [0.1, 0.15) is 0 Å². The molecule has 0 fully saturated rings. The minimum atomic E-state index is -0.144. The van der Waals surface area contributed by atoms with Crippen molar-refractivity contribution in [1.82, 2.24) is 0 Å². The summed E-state index contributed by atoms with van der Waals surface area (Å²) in [5, 5.41) is 0. The van der Waals surface area contributed by atoms with Crippen LogP contribution < -0.4 is 11.5 Å². The quantitative estimate of drug-likeness (QED) is 0.600. The Hall–Kier alpha value is -0.0800. The Morgan fingerprint density at radius 2 is 1.36 bits per heavy atom. The molecule has 0 aliphatic rings. The van der Waals surface area contributed by atoms with E-state index >= 15 is 0 Å². The van der Waals surface area contributed by atoms with Gasteiger partial charge in [-0.15, -0.1) is 0 Å². The zero-order valence-corrected chi connectivity index (χ0v) is 8.06. The van der Waals surface area contributed by atoms with Gasteiger partial charge in [-0.25, -0.2) is 0 Å². The zero-order valence-electron chi connectivity index (χ0n) is 8.06. The molecule has 0 bridgehead atoms. The highest BCUT2D eigenvalue weighted by atomic mass is 14.8. The third-order valence-corrected chi connectivity index (χ3v) is 2.92. The lowest BCUT2D eigenvalue weighted by molar-refractivity contribution is 0.211. The summed E-state index contributed by atoms with van der Waals surface area (Å²) in [6, 6.07) is 0. The molecule has 0 unspecified atom stereocenters. The van der Waals surface area contributed by atoms with Crippen LogP contribution in [-0.4, -0.2) is 6.17 Å². The van der Waals surface area contributed by atoms with Crippen LogP contribution in [0.4, 0.5) is 0 Å². The van der Waals surface area contributed by atoms with Crippen molar-refractivity contribution >= 4 is 0 Å². The van der Waals surface area contributed by atoms with Crippen LogP contribution >= 0.6 is 0 Å². The predicted octanol–water partition coefficient (Wildman–Crippen LogP) is 1.84. The van der Waals surface area contributed by atoms with Gasteiger partial charge in [0, 0.05) is 0 Å². The molecule has 0 aliphatic carbocycles. The van der Waals surface area contributed by atoms with Crippen LogP contribution in [0.1, 0.15) is 46.5 Å². The standard InChI is InChI=1S/C9H22N2/c1-4-9(5-2,6-3)7-8(10)11/h8H,4-7,10-11H2,1-3H3. The monoisotopic (exact) mass is 158 g/mol. The third kappa shape index (κ3) is 3.21. The van der Waals surface area contributed by atoms with Crippen molar-refractivity contribution in [3.63, 3.8) is 0 Å². The summed E-state index contributed by atoms with van der Waals surface area (Å²) in [5.74, 6) is 0. The molecule has 11 heavy (non-hydrogen) atoms. The van der Waals surface area contributed by atoms with Gasteiger partial charge in [-0.2, -0.15) is 0 Å². The number of hydrogen-bond acceptors (Lipinski definition) is 2. The van der Waals surface area contributed by atoms with Crippen molar-refractivity contribution in [2.75, 3.05) is 0 Å². The van der Waals surface area contributed by atoms with Crippen molar-refractivity contribution in [2.24, 2.45) is 16.9 Å². The minimum Gasteiger partial charge on any atom is -0.316 e. The van der Waals surface area contributed by atoms with Gasteiger partial charge in [-0.3, -0.25) is 0 Å². The maximum absolute atomic E-state index is 5.58. The SMILES string of the molecule is CCC(CC)(CC)CC(N)N. The first-order valence-corrected chi connectivity index (χ1v) is 4.61. The van der Waals surface area contributed by atoms with Gasteiger partial charge in [0.2, 0.25) is 0 Å². The molecule has 0 radical (unpaired) electrons. The molecule has 0 amide bonds. The summed E-state index contributed by atoms with van der Waals surface area (Å²) in [6.07, 6.45) is 4.37. The Morgan fingerprint density at radius 1 is 1.00 bits per heavy atom. The van der Waals surface area contributed by atoms with Gasteiger partial charge in [0.05, 0.1) is 6.17 Å². The Bertz CT molecular complexity index is 87.5. The van der Waals surface area contributed by atoms with E-state index in [1.54, 1.807) is 0 Å². The molecule has 0 heterocycles. The zero-order chi connectivity index (χ0) is 8.91. The number of rotatable bonds is 5. The van der Waals surface area contributed by atoms with Crippen molar-refractivity contribution in [2.45, 2.75) is 52.6 Å². The Balaban J connectivity index is 4.05. The molecule has 0 saturated heterocycles. The van der Waals surface area contributed by atoms with Crippen LogP contribution in [0.5, 0.6) is 0 Å². The van der Waals surface area contributed by atoms with E-state index in [2.05, 4.69) is 20.8 Å². The number of nitrogens with two attached hydrogens (primary N) is 2. The molecule has 0 rings (SSSR count). The van der Waals surface area contributed by atoms with E-state index in [9.17, 15) is 0 Å². The van der Waals surface area contributed by atoms with Crippen molar-refractivity contribution < 1.29 is 0 Å². The summed E-state index contributed by atoms with van der Waals surface area (Å²) >= 11 is 0. The third-order valence-electron chi connectivity index (χ3n) is 2.92. The lowest BCUT2D eigenvalue weighted by Crippen LogP contribution is -2.37. The van der Waals surface area contributed by atoms with Crippen LogP contribution in [0.25, 0.3) is 0 Å². The van der Waals surface area contributed by atoms with Crippen LogP contribution in [0.15, 0.2) is 0 Å². The van der Waals surface area contributed by atoms with E-state index in [1.807, 2.05) is 0 Å². The molecule has 0 aliphatic heterocycles. The Kier molecular flexibility index (Phi) is 4.69. The molecule has 68 valence electrons. The van der Waals surface area contributed by atoms with Crippen molar-refractivity contribution in [3.8, 4) is 0 Å². The maximum atomic E-state index is 5.58. The fourth-order valence-electron chi connectivity index (χ4n) is 1.68. The smallest absolute Gasteiger partial charge is 0.0526 e. The highest BCUT2D eigenvalue weighted by Crippen LogP contribution is 2.34. The molecule has 0 saturated carbocycles. The van der Waals surface area contributed by atoms with Gasteiger partial charge in [-0.1, -0.05) is 40.0 Å². The van der Waals surface area contributed by atoms with E-state index < -0.39 is 0 Å². The average molecular weight is 158 g/mol. The van der Waals surface area contributed by atoms with Gasteiger partial charge < -0.3 is 11.5 Å². The largest absolute Gasteiger partial charge is 0.316 e. The first-order valence-electron chi connectivity index (χ1n) is 4.61. The predicted molar refractivity (Wildman–Crippen MR) is 50.1 cm³/mol. The van der Waals surface area contributed by atoms with E-state index in [0.29, 0.717) is 5.41 Å². The van der Waals surface area contributed by atoms with Gasteiger partial charge in [0.15, 0.2) is 0 Å². The summed E-state index contributed by atoms with van der Waals surface area (Å²) in [7, 11) is 0. The lowest BCUT2D eigenvalue weighted by atomic mass is 9.76. The molecule has 0 atom stereocenters. The van der Waals surface area contributed by atoms with Gasteiger partial charge in [0.25, 0.3) is 0 Å². The van der Waals surface area contributed by atoms with E-state index in [4.69, 9.17) is 11.5 Å². The number of hydrogen-bond donors (Lipinski definition) is 2. The van der Waals surface area contributed by atoms with Gasteiger partial charge >= 0.3 is 0 Å². The molecular formula is C9H22N2. The topological polar surface area (TPSA) is 52.0 Å². The Morgan fingerprint density at radius 3 is 1.45 bits per heavy atom. The van der Waals surface area contributed by atoms with Crippen molar-refractivity contribution in [1.29, 1.82) is 0 Å². The van der Waals surface area contributed by atoms with E-state index in [0.717, 1.165) is 6.42 Å². The summed E-state index contributed by atoms with van der Waals surface area (Å²) in [4.78, 5) is 0. The summed E-state index contributed by atoms with van der Waals surface area (Å²) < 4.78 is 0. The summed E-state index contributed by atoms with van der Waals surface area (Å²) in [5.41, 5.74) is 11.6. The van der Waals surface area contributed by atoms with E-state index in [1.165, 1.54) is 19.3 Å². The van der Waals surface area contributed by atoms with Crippen LogP contribution in [0, 0.1) is 5.41 Å². The second kappa shape index (κ2) is 4.73. The van der Waals surface area contributed by atoms with Crippen LogP contribution in [-0.2, 0) is 0 Å². The van der Waals surface area contributed by atoms with E-state index in [-0.39, 0.29) is 6.17 Å². The molecular weight excluding hydrogens is 136 g/mol. The fraction of sp³-hybridized carbons (Fsp3) is 1.00. The molecule has 4 N–H and O–H groups in total. The van der Waals surface area contributed by atoms with Gasteiger partial charge in [-0.05, 0) is 11.8 Å². The van der Waals surface area contributed by atoms with Crippen LogP contribution in [0.2, 0.25) is 0 Å².